The number of hydrogen-bond acceptors (Lipinski definition) is 3. The quantitative estimate of drug-likeness (QED) is 0.917. The Morgan fingerprint density at radius 1 is 1.35 bits per heavy atom. The van der Waals surface area contributed by atoms with Crippen molar-refractivity contribution in [3.63, 3.8) is 0 Å². The molecule has 110 valence electrons. The Bertz CT molecular complexity index is 483. The molecule has 5 heteroatoms. The molecule has 1 N–H and O–H groups in total. The number of nitrogens with zero attached hydrogens (tertiary/aromatic N) is 1. The van der Waals surface area contributed by atoms with Gasteiger partial charge in [0.05, 0.1) is 12.7 Å². The first kappa shape index (κ1) is 15.3. The summed E-state index contributed by atoms with van der Waals surface area (Å²) in [4.78, 5) is 12.4. The first-order valence-corrected chi connectivity index (χ1v) is 7.75. The van der Waals surface area contributed by atoms with Crippen LogP contribution in [0, 0.1) is 0 Å². The van der Waals surface area contributed by atoms with Gasteiger partial charge in [-0.3, -0.25) is 10.2 Å². The van der Waals surface area contributed by atoms with Crippen LogP contribution in [0.4, 0.5) is 0 Å². The summed E-state index contributed by atoms with van der Waals surface area (Å²) in [5.74, 6) is 0.462. The lowest BCUT2D eigenvalue weighted by Crippen LogP contribution is -2.54. The van der Waals surface area contributed by atoms with Crippen LogP contribution in [0.2, 0.25) is 0 Å². The summed E-state index contributed by atoms with van der Waals surface area (Å²) < 4.78 is 6.17. The number of benzene rings is 1. The minimum atomic E-state index is -0.116. The topological polar surface area (TPSA) is 41.6 Å². The molecular formula is C15H21BrN2O2. The van der Waals surface area contributed by atoms with Crippen LogP contribution >= 0.6 is 15.9 Å². The molecule has 0 saturated carbocycles. The summed E-state index contributed by atoms with van der Waals surface area (Å²) >= 11 is 3.38. The van der Waals surface area contributed by atoms with Crippen LogP contribution < -0.4 is 10.2 Å². The third-order valence-corrected chi connectivity index (χ3v) is 4.33. The SMILES string of the molecule is COc1cc(Br)ccc1C(=O)NN1C(C)CCCC1C. The third kappa shape index (κ3) is 3.33. The highest BCUT2D eigenvalue weighted by Crippen LogP contribution is 2.25. The number of methoxy groups -OCH3 is 1. The molecule has 1 aromatic carbocycles. The fraction of sp³-hybridized carbons (Fsp3) is 0.533. The standard InChI is InChI=1S/C15H21BrN2O2/c1-10-5-4-6-11(2)18(10)17-15(19)13-8-7-12(16)9-14(13)20-3/h7-11H,4-6H2,1-3H3,(H,17,19). The van der Waals surface area contributed by atoms with E-state index in [1.165, 1.54) is 6.42 Å². The summed E-state index contributed by atoms with van der Waals surface area (Å²) in [6.07, 6.45) is 3.44. The van der Waals surface area contributed by atoms with Gasteiger partial charge in [-0.2, -0.15) is 0 Å². The highest BCUT2D eigenvalue weighted by Gasteiger charge is 2.27. The molecule has 4 nitrogen and oxygen atoms in total. The van der Waals surface area contributed by atoms with E-state index >= 15 is 0 Å². The molecule has 0 bridgehead atoms. The summed E-state index contributed by atoms with van der Waals surface area (Å²) in [6.45, 7) is 4.30. The van der Waals surface area contributed by atoms with Gasteiger partial charge in [0.15, 0.2) is 0 Å². The fourth-order valence-corrected chi connectivity index (χ4v) is 3.01. The third-order valence-electron chi connectivity index (χ3n) is 3.83. The lowest BCUT2D eigenvalue weighted by atomic mass is 10.00. The van der Waals surface area contributed by atoms with Gasteiger partial charge in [0.2, 0.25) is 0 Å². The molecule has 1 saturated heterocycles. The van der Waals surface area contributed by atoms with E-state index in [1.54, 1.807) is 19.2 Å². The molecule has 1 amide bonds. The second-order valence-electron chi connectivity index (χ2n) is 5.32. The van der Waals surface area contributed by atoms with Crippen LogP contribution in [0.25, 0.3) is 0 Å². The molecule has 0 radical (unpaired) electrons. The maximum absolute atomic E-state index is 12.4. The molecule has 1 aromatic rings. The number of hydrazine groups is 1. The van der Waals surface area contributed by atoms with Gasteiger partial charge in [0, 0.05) is 16.6 Å². The van der Waals surface area contributed by atoms with Crippen molar-refractivity contribution in [1.29, 1.82) is 0 Å². The largest absolute Gasteiger partial charge is 0.496 e. The summed E-state index contributed by atoms with van der Waals surface area (Å²) in [5.41, 5.74) is 3.58. The van der Waals surface area contributed by atoms with Crippen molar-refractivity contribution in [1.82, 2.24) is 10.4 Å². The normalized spacial score (nSPS) is 23.4. The average Bonchev–Trinajstić information content (AvgIpc) is 2.42. The Morgan fingerprint density at radius 2 is 2.00 bits per heavy atom. The van der Waals surface area contributed by atoms with Crippen molar-refractivity contribution in [2.75, 3.05) is 7.11 Å². The van der Waals surface area contributed by atoms with Crippen LogP contribution in [-0.4, -0.2) is 30.1 Å². The lowest BCUT2D eigenvalue weighted by molar-refractivity contribution is 0.0368. The zero-order chi connectivity index (χ0) is 14.7. The van der Waals surface area contributed by atoms with Crippen LogP contribution in [0.1, 0.15) is 43.5 Å². The van der Waals surface area contributed by atoms with Crippen molar-refractivity contribution >= 4 is 21.8 Å². The summed E-state index contributed by atoms with van der Waals surface area (Å²) in [5, 5.41) is 2.06. The van der Waals surface area contributed by atoms with Crippen molar-refractivity contribution in [2.45, 2.75) is 45.2 Å². The van der Waals surface area contributed by atoms with Gasteiger partial charge in [0.1, 0.15) is 5.75 Å². The van der Waals surface area contributed by atoms with E-state index < -0.39 is 0 Å². The lowest BCUT2D eigenvalue weighted by Gasteiger charge is -2.38. The Labute approximate surface area is 128 Å². The van der Waals surface area contributed by atoms with E-state index in [2.05, 4.69) is 40.2 Å². The van der Waals surface area contributed by atoms with E-state index in [0.29, 0.717) is 23.4 Å². The van der Waals surface area contributed by atoms with Crippen molar-refractivity contribution in [2.24, 2.45) is 0 Å². The minimum absolute atomic E-state index is 0.116. The van der Waals surface area contributed by atoms with E-state index in [4.69, 9.17) is 4.74 Å². The van der Waals surface area contributed by atoms with Gasteiger partial charge in [-0.1, -0.05) is 22.4 Å². The van der Waals surface area contributed by atoms with Gasteiger partial charge >= 0.3 is 0 Å². The Morgan fingerprint density at radius 3 is 2.60 bits per heavy atom. The van der Waals surface area contributed by atoms with Crippen molar-refractivity contribution in [3.8, 4) is 5.75 Å². The number of piperidine rings is 1. The van der Waals surface area contributed by atoms with Crippen LogP contribution in [0.15, 0.2) is 22.7 Å². The molecule has 1 heterocycles. The van der Waals surface area contributed by atoms with Crippen LogP contribution in [0.5, 0.6) is 5.75 Å². The monoisotopic (exact) mass is 340 g/mol. The fourth-order valence-electron chi connectivity index (χ4n) is 2.67. The number of halogens is 1. The van der Waals surface area contributed by atoms with Gasteiger partial charge in [-0.15, -0.1) is 0 Å². The Kier molecular flexibility index (Phi) is 5.05. The molecule has 0 aliphatic carbocycles. The zero-order valence-corrected chi connectivity index (χ0v) is 13.7. The minimum Gasteiger partial charge on any atom is -0.496 e. The number of rotatable bonds is 3. The number of hydrogen-bond donors (Lipinski definition) is 1. The second-order valence-corrected chi connectivity index (χ2v) is 6.24. The van der Waals surface area contributed by atoms with E-state index in [9.17, 15) is 4.79 Å². The molecule has 1 aliphatic heterocycles. The number of carbonyl (C=O) groups is 1. The maximum Gasteiger partial charge on any atom is 0.269 e. The number of carbonyl (C=O) groups excluding carboxylic acids is 1. The molecule has 2 atom stereocenters. The van der Waals surface area contributed by atoms with Gasteiger partial charge in [-0.25, -0.2) is 5.01 Å². The Balaban J connectivity index is 2.15. The van der Waals surface area contributed by atoms with E-state index in [1.807, 2.05) is 6.07 Å². The zero-order valence-electron chi connectivity index (χ0n) is 12.1. The van der Waals surface area contributed by atoms with E-state index in [-0.39, 0.29) is 5.91 Å². The smallest absolute Gasteiger partial charge is 0.269 e. The van der Waals surface area contributed by atoms with Gasteiger partial charge in [-0.05, 0) is 44.9 Å². The predicted molar refractivity (Wildman–Crippen MR) is 82.8 cm³/mol. The number of ether oxygens (including phenoxy) is 1. The molecule has 1 fully saturated rings. The number of nitrogens with one attached hydrogen (secondary N) is 1. The molecule has 2 rings (SSSR count). The predicted octanol–water partition coefficient (Wildman–Crippen LogP) is 3.37. The van der Waals surface area contributed by atoms with Crippen LogP contribution in [-0.2, 0) is 0 Å². The first-order chi connectivity index (χ1) is 9.52. The summed E-state index contributed by atoms with van der Waals surface area (Å²) in [6, 6.07) is 6.16. The van der Waals surface area contributed by atoms with Crippen molar-refractivity contribution in [3.05, 3.63) is 28.2 Å². The second kappa shape index (κ2) is 6.59. The molecule has 0 aromatic heterocycles. The molecule has 0 spiro atoms. The molecule has 20 heavy (non-hydrogen) atoms. The van der Waals surface area contributed by atoms with Crippen molar-refractivity contribution < 1.29 is 9.53 Å². The van der Waals surface area contributed by atoms with Gasteiger partial charge < -0.3 is 4.74 Å². The molecular weight excluding hydrogens is 320 g/mol. The summed E-state index contributed by atoms with van der Waals surface area (Å²) in [7, 11) is 1.57. The number of amides is 1. The molecule has 1 aliphatic rings. The molecule has 2 unspecified atom stereocenters. The van der Waals surface area contributed by atoms with Gasteiger partial charge in [0.25, 0.3) is 5.91 Å². The maximum atomic E-state index is 12.4. The van der Waals surface area contributed by atoms with Crippen LogP contribution in [0.3, 0.4) is 0 Å². The highest BCUT2D eigenvalue weighted by atomic mass is 79.9. The first-order valence-electron chi connectivity index (χ1n) is 6.95. The van der Waals surface area contributed by atoms with E-state index in [0.717, 1.165) is 17.3 Å². The highest BCUT2D eigenvalue weighted by molar-refractivity contribution is 9.10. The average molecular weight is 341 g/mol. The Hall–Kier alpha value is -1.07.